The summed E-state index contributed by atoms with van der Waals surface area (Å²) in [6.07, 6.45) is 2.63. The number of nitrogens with zero attached hydrogens (tertiary/aromatic N) is 4. The maximum absolute atomic E-state index is 13.0. The Labute approximate surface area is 173 Å². The molecule has 1 amide bonds. The lowest BCUT2D eigenvalue weighted by Gasteiger charge is -2.29. The van der Waals surface area contributed by atoms with Gasteiger partial charge in [-0.1, -0.05) is 35.9 Å². The van der Waals surface area contributed by atoms with Crippen LogP contribution < -0.4 is 0 Å². The van der Waals surface area contributed by atoms with Gasteiger partial charge in [0.15, 0.2) is 5.65 Å². The third kappa shape index (κ3) is 3.28. The third-order valence-electron chi connectivity index (χ3n) is 5.35. The van der Waals surface area contributed by atoms with Gasteiger partial charge in [-0.15, -0.1) is 0 Å². The summed E-state index contributed by atoms with van der Waals surface area (Å²) in [5.41, 5.74) is 6.76. The minimum Gasteiger partial charge on any atom is -0.334 e. The lowest BCUT2D eigenvalue weighted by molar-refractivity contribution is 0.0732. The monoisotopic (exact) mass is 402 g/mol. The van der Waals surface area contributed by atoms with Crippen molar-refractivity contribution in [2.24, 2.45) is 0 Å². The Morgan fingerprint density at radius 3 is 2.69 bits per heavy atom. The van der Waals surface area contributed by atoms with Crippen LogP contribution in [0.4, 0.5) is 0 Å². The van der Waals surface area contributed by atoms with Gasteiger partial charge in [0.05, 0.1) is 11.4 Å². The molecular weight excluding hydrogens is 384 g/mol. The normalized spacial score (nSPS) is 13.5. The number of carbonyl (C=O) groups excluding carboxylic acids is 1. The topological polar surface area (TPSA) is 50.5 Å². The van der Waals surface area contributed by atoms with E-state index in [2.05, 4.69) is 10.1 Å². The second-order valence-corrected chi connectivity index (χ2v) is 7.79. The standard InChI is InChI=1S/C23H19ClN4O/c1-15-11-22-25-13-19-14-27(10-9-21(19)28(22)26-15)23(29)17-7-5-16(6-8-17)18-3-2-4-20(24)12-18/h2-8,11-13H,9-10,14H2,1H3. The van der Waals surface area contributed by atoms with Gasteiger partial charge in [-0.2, -0.15) is 5.10 Å². The summed E-state index contributed by atoms with van der Waals surface area (Å²) in [5.74, 6) is 0.0324. The minimum atomic E-state index is 0.0324. The van der Waals surface area contributed by atoms with Gasteiger partial charge in [-0.3, -0.25) is 4.79 Å². The molecule has 5 nitrogen and oxygen atoms in total. The Morgan fingerprint density at radius 2 is 1.90 bits per heavy atom. The van der Waals surface area contributed by atoms with Crippen molar-refractivity contribution in [3.8, 4) is 11.1 Å². The van der Waals surface area contributed by atoms with Crippen LogP contribution in [0.5, 0.6) is 0 Å². The molecule has 29 heavy (non-hydrogen) atoms. The molecule has 6 heteroatoms. The number of hydrogen-bond donors (Lipinski definition) is 0. The maximum atomic E-state index is 13.0. The molecule has 0 spiro atoms. The van der Waals surface area contributed by atoms with Crippen molar-refractivity contribution < 1.29 is 4.79 Å². The molecular formula is C23H19ClN4O. The lowest BCUT2D eigenvalue weighted by Crippen LogP contribution is -2.37. The number of amides is 1. The number of aryl methyl sites for hydroxylation is 1. The number of carbonyl (C=O) groups is 1. The van der Waals surface area contributed by atoms with Gasteiger partial charge in [-0.25, -0.2) is 9.50 Å². The quantitative estimate of drug-likeness (QED) is 0.494. The molecule has 0 saturated heterocycles. The molecule has 0 saturated carbocycles. The summed E-state index contributed by atoms with van der Waals surface area (Å²) in [5, 5.41) is 5.24. The van der Waals surface area contributed by atoms with E-state index in [0.717, 1.165) is 40.1 Å². The second-order valence-electron chi connectivity index (χ2n) is 7.35. The van der Waals surface area contributed by atoms with Crippen LogP contribution in [0.15, 0.2) is 60.8 Å². The van der Waals surface area contributed by atoms with E-state index >= 15 is 0 Å². The van der Waals surface area contributed by atoms with Crippen LogP contribution in [-0.2, 0) is 13.0 Å². The summed E-state index contributed by atoms with van der Waals surface area (Å²) in [6.45, 7) is 3.18. The Kier molecular flexibility index (Phi) is 4.32. The first-order valence-corrected chi connectivity index (χ1v) is 9.95. The van der Waals surface area contributed by atoms with Crippen molar-refractivity contribution in [1.82, 2.24) is 19.5 Å². The van der Waals surface area contributed by atoms with Gasteiger partial charge in [0.25, 0.3) is 5.91 Å². The number of benzene rings is 2. The van der Waals surface area contributed by atoms with E-state index < -0.39 is 0 Å². The fraction of sp³-hybridized carbons (Fsp3) is 0.174. The van der Waals surface area contributed by atoms with E-state index in [4.69, 9.17) is 11.6 Å². The highest BCUT2D eigenvalue weighted by Crippen LogP contribution is 2.25. The zero-order valence-electron chi connectivity index (χ0n) is 16.0. The highest BCUT2D eigenvalue weighted by molar-refractivity contribution is 6.30. The van der Waals surface area contributed by atoms with E-state index in [-0.39, 0.29) is 5.91 Å². The van der Waals surface area contributed by atoms with Crippen LogP contribution in [0.3, 0.4) is 0 Å². The van der Waals surface area contributed by atoms with Crippen molar-refractivity contribution in [2.75, 3.05) is 6.54 Å². The molecule has 2 aromatic carbocycles. The van der Waals surface area contributed by atoms with E-state index in [1.54, 1.807) is 0 Å². The summed E-state index contributed by atoms with van der Waals surface area (Å²) in [7, 11) is 0. The Hall–Kier alpha value is -3.18. The van der Waals surface area contributed by atoms with Crippen LogP contribution in [0, 0.1) is 6.92 Å². The van der Waals surface area contributed by atoms with E-state index in [1.807, 2.05) is 77.1 Å². The molecule has 144 valence electrons. The molecule has 0 bridgehead atoms. The van der Waals surface area contributed by atoms with E-state index in [0.29, 0.717) is 23.7 Å². The molecule has 3 heterocycles. The van der Waals surface area contributed by atoms with Gasteiger partial charge < -0.3 is 4.90 Å². The second kappa shape index (κ2) is 7.01. The zero-order chi connectivity index (χ0) is 20.0. The highest BCUT2D eigenvalue weighted by atomic mass is 35.5. The molecule has 1 aliphatic heterocycles. The average Bonchev–Trinajstić information content (AvgIpc) is 3.13. The third-order valence-corrected chi connectivity index (χ3v) is 5.58. The Morgan fingerprint density at radius 1 is 1.07 bits per heavy atom. The molecule has 2 aromatic heterocycles. The molecule has 0 fully saturated rings. The fourth-order valence-corrected chi connectivity index (χ4v) is 4.07. The SMILES string of the molecule is Cc1cc2ncc3c(n2n1)CCN(C(=O)c1ccc(-c2cccc(Cl)c2)cc1)C3. The van der Waals surface area contributed by atoms with Gasteiger partial charge in [-0.05, 0) is 42.3 Å². The molecule has 1 aliphatic rings. The van der Waals surface area contributed by atoms with Crippen molar-refractivity contribution in [3.05, 3.63) is 88.3 Å². The number of hydrogen-bond acceptors (Lipinski definition) is 3. The van der Waals surface area contributed by atoms with Gasteiger partial charge in [0.2, 0.25) is 0 Å². The Balaban J connectivity index is 1.38. The number of aromatic nitrogens is 3. The number of halogens is 1. The van der Waals surface area contributed by atoms with Gasteiger partial charge >= 0.3 is 0 Å². The van der Waals surface area contributed by atoms with E-state index in [1.165, 1.54) is 0 Å². The Bertz CT molecular complexity index is 1230. The lowest BCUT2D eigenvalue weighted by atomic mass is 10.0. The fourth-order valence-electron chi connectivity index (χ4n) is 3.88. The van der Waals surface area contributed by atoms with Crippen LogP contribution in [0.2, 0.25) is 5.02 Å². The van der Waals surface area contributed by atoms with Gasteiger partial charge in [0, 0.05) is 47.9 Å². The zero-order valence-corrected chi connectivity index (χ0v) is 16.7. The molecule has 0 unspecified atom stereocenters. The smallest absolute Gasteiger partial charge is 0.254 e. The van der Waals surface area contributed by atoms with Crippen LogP contribution >= 0.6 is 11.6 Å². The van der Waals surface area contributed by atoms with Crippen molar-refractivity contribution >= 4 is 23.2 Å². The molecule has 0 N–H and O–H groups in total. The highest BCUT2D eigenvalue weighted by Gasteiger charge is 2.24. The van der Waals surface area contributed by atoms with Crippen LogP contribution in [0.25, 0.3) is 16.8 Å². The number of rotatable bonds is 2. The van der Waals surface area contributed by atoms with Crippen LogP contribution in [0.1, 0.15) is 27.3 Å². The average molecular weight is 403 g/mol. The van der Waals surface area contributed by atoms with Crippen LogP contribution in [-0.4, -0.2) is 31.9 Å². The first-order valence-electron chi connectivity index (χ1n) is 9.57. The molecule has 0 atom stereocenters. The molecule has 0 aliphatic carbocycles. The minimum absolute atomic E-state index is 0.0324. The van der Waals surface area contributed by atoms with Crippen molar-refractivity contribution in [1.29, 1.82) is 0 Å². The van der Waals surface area contributed by atoms with E-state index in [9.17, 15) is 4.79 Å². The summed E-state index contributed by atoms with van der Waals surface area (Å²) >= 11 is 6.08. The van der Waals surface area contributed by atoms with Crippen molar-refractivity contribution in [3.63, 3.8) is 0 Å². The van der Waals surface area contributed by atoms with Crippen molar-refractivity contribution in [2.45, 2.75) is 19.9 Å². The summed E-state index contributed by atoms with van der Waals surface area (Å²) in [4.78, 5) is 19.4. The van der Waals surface area contributed by atoms with Gasteiger partial charge in [0.1, 0.15) is 0 Å². The predicted octanol–water partition coefficient (Wildman–Crippen LogP) is 4.56. The summed E-state index contributed by atoms with van der Waals surface area (Å²) < 4.78 is 1.91. The molecule has 4 aromatic rings. The largest absolute Gasteiger partial charge is 0.334 e. The predicted molar refractivity (Wildman–Crippen MR) is 113 cm³/mol. The molecule has 0 radical (unpaired) electrons. The first-order chi connectivity index (χ1) is 14.1. The maximum Gasteiger partial charge on any atom is 0.254 e. The molecule has 5 rings (SSSR count). The summed E-state index contributed by atoms with van der Waals surface area (Å²) in [6, 6.07) is 17.4. The number of fused-ring (bicyclic) bond motifs is 3. The first kappa shape index (κ1) is 17.9.